The van der Waals surface area contributed by atoms with Crippen LogP contribution >= 0.6 is 0 Å². The van der Waals surface area contributed by atoms with Gasteiger partial charge in [0.2, 0.25) is 11.9 Å². The summed E-state index contributed by atoms with van der Waals surface area (Å²) in [5, 5.41) is 18.9. The number of rotatable bonds is 5. The number of likely N-dealkylation sites (N-methyl/N-ethyl adjacent to an activating group) is 1. The first-order chi connectivity index (χ1) is 17.8. The van der Waals surface area contributed by atoms with Crippen LogP contribution in [-0.2, 0) is 4.79 Å². The van der Waals surface area contributed by atoms with Crippen molar-refractivity contribution in [2.24, 2.45) is 11.8 Å². The van der Waals surface area contributed by atoms with E-state index < -0.39 is 29.3 Å². The zero-order chi connectivity index (χ0) is 27.4. The number of allylic oxidation sites excluding steroid dienone is 4. The Labute approximate surface area is 219 Å². The summed E-state index contributed by atoms with van der Waals surface area (Å²) in [5.41, 5.74) is -0.953. The Hall–Kier alpha value is -3.15. The lowest BCUT2D eigenvalue weighted by molar-refractivity contribution is -0.126. The minimum Gasteiger partial charge on any atom is -0.390 e. The number of nitrogens with zero attached hydrogens (tertiary/aromatic N) is 6. The van der Waals surface area contributed by atoms with Crippen LogP contribution in [0.15, 0.2) is 30.0 Å². The Morgan fingerprint density at radius 1 is 1.16 bits per heavy atom. The fourth-order valence-corrected chi connectivity index (χ4v) is 5.80. The van der Waals surface area contributed by atoms with E-state index in [1.165, 1.54) is 6.08 Å². The van der Waals surface area contributed by atoms with Crippen molar-refractivity contribution >= 4 is 28.7 Å². The Morgan fingerprint density at radius 2 is 1.87 bits per heavy atom. The first-order valence-electron chi connectivity index (χ1n) is 13.0. The predicted molar refractivity (Wildman–Crippen MR) is 138 cm³/mol. The topological polar surface area (TPSA) is 99.4 Å². The van der Waals surface area contributed by atoms with E-state index in [0.29, 0.717) is 48.9 Å². The van der Waals surface area contributed by atoms with Gasteiger partial charge in [0.05, 0.1) is 29.3 Å². The number of aliphatic hydroxyl groups is 1. The van der Waals surface area contributed by atoms with Crippen LogP contribution in [0.5, 0.6) is 0 Å². The number of nitrogens with one attached hydrogen (secondary N) is 1. The van der Waals surface area contributed by atoms with Gasteiger partial charge < -0.3 is 20.2 Å². The molecule has 0 bridgehead atoms. The number of carbonyl (C=O) groups is 1. The zero-order valence-electron chi connectivity index (χ0n) is 22.0. The number of piperidine rings is 1. The fourth-order valence-electron chi connectivity index (χ4n) is 5.80. The highest BCUT2D eigenvalue weighted by molar-refractivity contribution is 5.88. The van der Waals surface area contributed by atoms with Crippen LogP contribution in [0, 0.1) is 11.8 Å². The minimum atomic E-state index is -4.44. The van der Waals surface area contributed by atoms with Crippen LogP contribution < -0.4 is 10.2 Å². The smallest absolute Gasteiger partial charge is 0.390 e. The van der Waals surface area contributed by atoms with Crippen LogP contribution in [0.1, 0.15) is 46.1 Å². The highest BCUT2D eigenvalue weighted by Gasteiger charge is 2.41. The molecular weight excluding hydrogens is 499 g/mol. The van der Waals surface area contributed by atoms with E-state index in [9.17, 15) is 23.1 Å². The molecule has 2 N–H and O–H groups in total. The Balaban J connectivity index is 1.52. The maximum absolute atomic E-state index is 13.7. The number of hydrogen-bond donors (Lipinski definition) is 2. The number of alkyl halides is 3. The average molecular weight is 534 g/mol. The van der Waals surface area contributed by atoms with Gasteiger partial charge in [-0.1, -0.05) is 25.2 Å². The van der Waals surface area contributed by atoms with Gasteiger partial charge in [0, 0.05) is 44.6 Å². The van der Waals surface area contributed by atoms with Gasteiger partial charge >= 0.3 is 6.18 Å². The molecule has 12 heteroatoms. The number of hydrogen-bond acceptors (Lipinski definition) is 7. The molecule has 3 unspecified atom stereocenters. The van der Waals surface area contributed by atoms with Crippen molar-refractivity contribution in [2.75, 3.05) is 36.9 Å². The van der Waals surface area contributed by atoms with Crippen LogP contribution in [0.3, 0.4) is 0 Å². The van der Waals surface area contributed by atoms with Crippen molar-refractivity contribution in [1.82, 2.24) is 24.6 Å². The number of fused-ring (bicyclic) bond motifs is 1. The second kappa shape index (κ2) is 9.55. The van der Waals surface area contributed by atoms with Crippen LogP contribution in [0.2, 0.25) is 0 Å². The summed E-state index contributed by atoms with van der Waals surface area (Å²) in [6.07, 6.45) is 3.28. The number of amides is 1. The molecule has 2 fully saturated rings. The van der Waals surface area contributed by atoms with Gasteiger partial charge in [-0.05, 0) is 32.6 Å². The third-order valence-corrected chi connectivity index (χ3v) is 8.10. The summed E-state index contributed by atoms with van der Waals surface area (Å²) in [6.45, 7) is 7.03. The zero-order valence-corrected chi connectivity index (χ0v) is 22.0. The van der Waals surface area contributed by atoms with Gasteiger partial charge in [0.1, 0.15) is 5.82 Å². The fraction of sp³-hybridized carbons (Fsp3) is 0.615. The molecule has 38 heavy (non-hydrogen) atoms. The predicted octanol–water partition coefficient (Wildman–Crippen LogP) is 3.69. The van der Waals surface area contributed by atoms with Crippen molar-refractivity contribution in [3.63, 3.8) is 0 Å². The van der Waals surface area contributed by atoms with E-state index in [1.54, 1.807) is 35.8 Å². The van der Waals surface area contributed by atoms with Gasteiger partial charge in [-0.3, -0.25) is 4.79 Å². The summed E-state index contributed by atoms with van der Waals surface area (Å²) < 4.78 is 42.6. The molecule has 3 aliphatic rings. The number of likely N-dealkylation sites (tertiary alicyclic amines) is 1. The second-order valence-electron chi connectivity index (χ2n) is 11.2. The van der Waals surface area contributed by atoms with Gasteiger partial charge in [-0.25, -0.2) is 4.68 Å². The van der Waals surface area contributed by atoms with E-state index in [1.807, 2.05) is 13.8 Å². The lowest BCUT2D eigenvalue weighted by Crippen LogP contribution is -2.42. The largest absolute Gasteiger partial charge is 0.413 e. The number of anilines is 2. The second-order valence-corrected chi connectivity index (χ2v) is 11.2. The summed E-state index contributed by atoms with van der Waals surface area (Å²) in [5.74, 6) is 0.273. The molecule has 1 aliphatic carbocycles. The summed E-state index contributed by atoms with van der Waals surface area (Å²) in [4.78, 5) is 25.3. The highest BCUT2D eigenvalue weighted by Crippen LogP contribution is 2.41. The molecule has 206 valence electrons. The molecule has 1 amide bonds. The van der Waals surface area contributed by atoms with Crippen molar-refractivity contribution in [2.45, 2.75) is 63.9 Å². The molecule has 2 aromatic rings. The first-order valence-corrected chi connectivity index (χ1v) is 13.0. The first kappa shape index (κ1) is 26.5. The maximum atomic E-state index is 13.7. The number of aromatic nitrogens is 4. The van der Waals surface area contributed by atoms with Crippen LogP contribution in [-0.4, -0.2) is 80.2 Å². The molecular formula is C26H34F3N7O2. The lowest BCUT2D eigenvalue weighted by atomic mass is 9.83. The molecule has 2 aromatic heterocycles. The normalized spacial score (nSPS) is 25.4. The van der Waals surface area contributed by atoms with E-state index >= 15 is 0 Å². The molecule has 9 nitrogen and oxygen atoms in total. The molecule has 0 aromatic carbocycles. The van der Waals surface area contributed by atoms with Crippen molar-refractivity contribution < 1.29 is 23.1 Å². The molecule has 5 rings (SSSR count). The SMILES string of the molecule is CC1C(C(F)(F)F)=CC=CC1n1ncc2c(N3CCC(C(C)(C)O)CC3)nc(NC3CC(=O)N(C)C3)nc21. The van der Waals surface area contributed by atoms with Crippen molar-refractivity contribution in [1.29, 1.82) is 0 Å². The Morgan fingerprint density at radius 3 is 2.47 bits per heavy atom. The summed E-state index contributed by atoms with van der Waals surface area (Å²) >= 11 is 0. The quantitative estimate of drug-likeness (QED) is 0.605. The molecule has 0 radical (unpaired) electrons. The van der Waals surface area contributed by atoms with E-state index in [0.717, 1.165) is 18.9 Å². The minimum absolute atomic E-state index is 0.0233. The number of carbonyl (C=O) groups excluding carboxylic acids is 1. The van der Waals surface area contributed by atoms with Gasteiger partial charge in [-0.2, -0.15) is 28.2 Å². The highest BCUT2D eigenvalue weighted by atomic mass is 19.4. The third kappa shape index (κ3) is 4.97. The maximum Gasteiger partial charge on any atom is 0.413 e. The van der Waals surface area contributed by atoms with E-state index in [-0.39, 0.29) is 17.9 Å². The monoisotopic (exact) mass is 533 g/mol. The molecule has 0 spiro atoms. The van der Waals surface area contributed by atoms with Crippen molar-refractivity contribution in [3.05, 3.63) is 30.0 Å². The molecule has 4 heterocycles. The van der Waals surface area contributed by atoms with E-state index in [2.05, 4.69) is 15.3 Å². The van der Waals surface area contributed by atoms with Gasteiger partial charge in [0.15, 0.2) is 5.65 Å². The molecule has 2 saturated heterocycles. The molecule has 0 saturated carbocycles. The Bertz CT molecular complexity index is 1270. The van der Waals surface area contributed by atoms with Gasteiger partial charge in [0.25, 0.3) is 0 Å². The standard InChI is InChI=1S/C26H34F3N7O2/c1-15-19(26(27,28)29)6-5-7-20(15)36-23-18(13-30-36)22(35-10-8-16(9-11-35)25(2,3)38)32-24(33-23)31-17-12-21(37)34(4)14-17/h5-7,13,15-17,20,38H,8-12,14H2,1-4H3,(H,31,32,33). The number of halogens is 3. The third-order valence-electron chi connectivity index (χ3n) is 8.10. The summed E-state index contributed by atoms with van der Waals surface area (Å²) in [6, 6.07) is -0.854. The van der Waals surface area contributed by atoms with Crippen LogP contribution in [0.25, 0.3) is 11.0 Å². The molecule has 3 atom stereocenters. The molecule has 2 aliphatic heterocycles. The van der Waals surface area contributed by atoms with E-state index in [4.69, 9.17) is 9.97 Å². The lowest BCUT2D eigenvalue weighted by Gasteiger charge is -2.38. The average Bonchev–Trinajstić information content (AvgIpc) is 3.39. The summed E-state index contributed by atoms with van der Waals surface area (Å²) in [7, 11) is 1.74. The van der Waals surface area contributed by atoms with Gasteiger partial charge in [-0.15, -0.1) is 0 Å². The Kier molecular flexibility index (Phi) is 6.65. The van der Waals surface area contributed by atoms with Crippen LogP contribution in [0.4, 0.5) is 24.9 Å². The van der Waals surface area contributed by atoms with Crippen molar-refractivity contribution in [3.8, 4) is 0 Å².